The Hall–Kier alpha value is -3.68. The topological polar surface area (TPSA) is 9.23 Å². The van der Waals surface area contributed by atoms with Gasteiger partial charge in [0, 0.05) is 10.8 Å². The van der Waals surface area contributed by atoms with Crippen LogP contribution in [0, 0.1) is 0 Å². The first-order valence-electron chi connectivity index (χ1n) is 13.1. The van der Waals surface area contributed by atoms with E-state index in [1.165, 1.54) is 22.3 Å². The lowest BCUT2D eigenvalue weighted by Crippen LogP contribution is -2.41. The SMILES string of the molecule is C=CC1(OC2(C=C)c3ccc(cc3)C(C)(C)c3ccc2cc3)c2ccc(cc2)C(C)(C)c2ccc1cc2. The summed E-state index contributed by atoms with van der Waals surface area (Å²) < 4.78 is 7.45. The average molecular weight is 483 g/mol. The molecule has 12 rings (SSSR count). The Labute approximate surface area is 221 Å². The van der Waals surface area contributed by atoms with Crippen molar-refractivity contribution in [3.8, 4) is 0 Å². The summed E-state index contributed by atoms with van der Waals surface area (Å²) in [6, 6.07) is 35.4. The first-order valence-corrected chi connectivity index (χ1v) is 13.1. The smallest absolute Gasteiger partial charge is 0.138 e. The van der Waals surface area contributed by atoms with E-state index in [2.05, 4.69) is 138 Å². The summed E-state index contributed by atoms with van der Waals surface area (Å²) in [6.45, 7) is 17.8. The Morgan fingerprint density at radius 2 is 0.595 bits per heavy atom. The number of rotatable bonds is 4. The van der Waals surface area contributed by atoms with Crippen molar-refractivity contribution in [2.75, 3.05) is 0 Å². The lowest BCUT2D eigenvalue weighted by molar-refractivity contribution is -0.0720. The number of hydrogen-bond donors (Lipinski definition) is 0. The number of ether oxygens (including phenoxy) is 1. The van der Waals surface area contributed by atoms with E-state index in [0.29, 0.717) is 0 Å². The molecule has 8 aliphatic carbocycles. The minimum Gasteiger partial charge on any atom is -0.342 e. The Balaban J connectivity index is 1.62. The van der Waals surface area contributed by atoms with Gasteiger partial charge in [0.2, 0.25) is 0 Å². The van der Waals surface area contributed by atoms with Crippen molar-refractivity contribution in [1.29, 1.82) is 0 Å². The molecule has 37 heavy (non-hydrogen) atoms. The summed E-state index contributed by atoms with van der Waals surface area (Å²) >= 11 is 0. The van der Waals surface area contributed by atoms with Crippen molar-refractivity contribution < 1.29 is 4.74 Å². The van der Waals surface area contributed by atoms with Gasteiger partial charge in [0.1, 0.15) is 11.2 Å². The van der Waals surface area contributed by atoms with Gasteiger partial charge < -0.3 is 4.74 Å². The third-order valence-corrected chi connectivity index (χ3v) is 9.04. The van der Waals surface area contributed by atoms with Gasteiger partial charge in [-0.15, -0.1) is 0 Å². The van der Waals surface area contributed by atoms with E-state index >= 15 is 0 Å². The minimum atomic E-state index is -0.895. The fourth-order valence-electron chi connectivity index (χ4n) is 6.25. The van der Waals surface area contributed by atoms with Crippen LogP contribution in [0.15, 0.2) is 122 Å². The molecule has 1 nitrogen and oxygen atoms in total. The zero-order valence-electron chi connectivity index (χ0n) is 22.2. The van der Waals surface area contributed by atoms with Crippen LogP contribution in [0.2, 0.25) is 0 Å². The molecule has 184 valence electrons. The highest BCUT2D eigenvalue weighted by molar-refractivity contribution is 5.53. The molecule has 0 spiro atoms. The van der Waals surface area contributed by atoms with Crippen LogP contribution in [-0.2, 0) is 26.8 Å². The van der Waals surface area contributed by atoms with Gasteiger partial charge in [0.25, 0.3) is 0 Å². The van der Waals surface area contributed by atoms with Gasteiger partial charge in [-0.2, -0.15) is 0 Å². The van der Waals surface area contributed by atoms with Crippen LogP contribution in [0.3, 0.4) is 0 Å². The standard InChI is InChI=1S/C36H34O/c1-7-35(29-17-9-25(10-18-29)33(3,4)26-11-19-30(35)20-12-26)37-36(8-2)31-21-13-27(14-22-31)34(5,6)28-15-23-32(36)24-16-28/h7-24H,1-2H2,3-6H3. The summed E-state index contributed by atoms with van der Waals surface area (Å²) in [7, 11) is 0. The molecule has 0 amide bonds. The summed E-state index contributed by atoms with van der Waals surface area (Å²) in [5.74, 6) is 0. The molecule has 0 unspecified atom stereocenters. The molecule has 0 heterocycles. The fraction of sp³-hybridized carbons (Fsp3) is 0.222. The molecule has 0 aromatic heterocycles. The highest BCUT2D eigenvalue weighted by atomic mass is 16.5. The van der Waals surface area contributed by atoms with Gasteiger partial charge in [-0.05, 0) is 44.5 Å². The second kappa shape index (κ2) is 7.91. The lowest BCUT2D eigenvalue weighted by Gasteiger charge is -2.44. The Morgan fingerprint density at radius 3 is 0.784 bits per heavy atom. The van der Waals surface area contributed by atoms with Crippen LogP contribution in [-0.4, -0.2) is 0 Å². The molecule has 0 saturated carbocycles. The largest absolute Gasteiger partial charge is 0.342 e. The first kappa shape index (κ1) is 23.7. The summed E-state index contributed by atoms with van der Waals surface area (Å²) in [5.41, 5.74) is 7.32. The van der Waals surface area contributed by atoms with Crippen molar-refractivity contribution in [2.45, 2.75) is 49.7 Å². The van der Waals surface area contributed by atoms with Gasteiger partial charge in [0.05, 0.1) is 0 Å². The maximum atomic E-state index is 7.45. The van der Waals surface area contributed by atoms with Crippen molar-refractivity contribution in [1.82, 2.24) is 0 Å². The van der Waals surface area contributed by atoms with Gasteiger partial charge in [-0.25, -0.2) is 0 Å². The van der Waals surface area contributed by atoms with E-state index in [0.717, 1.165) is 22.3 Å². The summed E-state index contributed by atoms with van der Waals surface area (Å²) in [5, 5.41) is 0. The van der Waals surface area contributed by atoms with Gasteiger partial charge >= 0.3 is 0 Å². The molecule has 0 radical (unpaired) electrons. The highest BCUT2D eigenvalue weighted by Crippen LogP contribution is 2.49. The molecule has 8 bridgehead atoms. The molecule has 4 aromatic rings. The zero-order valence-corrected chi connectivity index (χ0v) is 22.2. The summed E-state index contributed by atoms with van der Waals surface area (Å²) in [4.78, 5) is 0. The van der Waals surface area contributed by atoms with E-state index in [1.807, 2.05) is 12.2 Å². The van der Waals surface area contributed by atoms with E-state index < -0.39 is 11.2 Å². The molecular weight excluding hydrogens is 448 g/mol. The number of benzene rings is 4. The third-order valence-electron chi connectivity index (χ3n) is 9.04. The zero-order chi connectivity index (χ0) is 26.1. The lowest BCUT2D eigenvalue weighted by atomic mass is 9.72. The monoisotopic (exact) mass is 482 g/mol. The Kier molecular flexibility index (Phi) is 5.07. The molecule has 0 aliphatic heterocycles. The van der Waals surface area contributed by atoms with Gasteiger partial charge in [0.15, 0.2) is 0 Å². The Morgan fingerprint density at radius 1 is 0.405 bits per heavy atom. The van der Waals surface area contributed by atoms with E-state index in [-0.39, 0.29) is 10.8 Å². The fourth-order valence-corrected chi connectivity index (χ4v) is 6.25. The van der Waals surface area contributed by atoms with Gasteiger partial charge in [-0.3, -0.25) is 0 Å². The molecule has 1 heteroatoms. The van der Waals surface area contributed by atoms with Gasteiger partial charge in [-0.1, -0.05) is 150 Å². The van der Waals surface area contributed by atoms with Crippen LogP contribution in [0.5, 0.6) is 0 Å². The van der Waals surface area contributed by atoms with Crippen molar-refractivity contribution in [3.05, 3.63) is 167 Å². The minimum absolute atomic E-state index is 0.0813. The maximum Gasteiger partial charge on any atom is 0.138 e. The predicted molar refractivity (Wildman–Crippen MR) is 153 cm³/mol. The summed E-state index contributed by atoms with van der Waals surface area (Å²) in [6.07, 6.45) is 3.89. The molecule has 4 aromatic carbocycles. The average Bonchev–Trinajstić information content (AvgIpc) is 2.94. The molecular formula is C36H34O. The first-order chi connectivity index (χ1) is 17.7. The highest BCUT2D eigenvalue weighted by Gasteiger charge is 2.45. The van der Waals surface area contributed by atoms with E-state index in [1.54, 1.807) is 0 Å². The van der Waals surface area contributed by atoms with Crippen LogP contribution in [0.1, 0.15) is 72.2 Å². The normalized spacial score (nSPS) is 18.9. The van der Waals surface area contributed by atoms with Crippen molar-refractivity contribution >= 4 is 0 Å². The Bertz CT molecular complexity index is 1270. The van der Waals surface area contributed by atoms with Crippen molar-refractivity contribution in [3.63, 3.8) is 0 Å². The van der Waals surface area contributed by atoms with Crippen molar-refractivity contribution in [2.24, 2.45) is 0 Å². The van der Waals surface area contributed by atoms with E-state index in [4.69, 9.17) is 4.74 Å². The quantitative estimate of drug-likeness (QED) is 0.265. The molecule has 0 atom stereocenters. The second-order valence-corrected chi connectivity index (χ2v) is 11.5. The molecule has 0 fully saturated rings. The molecule has 0 saturated heterocycles. The maximum absolute atomic E-state index is 7.45. The van der Waals surface area contributed by atoms with Crippen LogP contribution >= 0.6 is 0 Å². The molecule has 0 N–H and O–H groups in total. The van der Waals surface area contributed by atoms with E-state index in [9.17, 15) is 0 Å². The second-order valence-electron chi connectivity index (χ2n) is 11.5. The molecule has 8 aliphatic rings. The predicted octanol–water partition coefficient (Wildman–Crippen LogP) is 8.54. The third kappa shape index (κ3) is 3.20. The van der Waals surface area contributed by atoms with Crippen LogP contribution in [0.25, 0.3) is 0 Å². The van der Waals surface area contributed by atoms with Crippen LogP contribution in [0.4, 0.5) is 0 Å². The van der Waals surface area contributed by atoms with Crippen LogP contribution < -0.4 is 0 Å². The number of hydrogen-bond acceptors (Lipinski definition) is 1.